The smallest absolute Gasteiger partial charge is 0.465 e. The van der Waals surface area contributed by atoms with Crippen LogP contribution in [0.3, 0.4) is 0 Å². The van der Waals surface area contributed by atoms with E-state index in [4.69, 9.17) is 18.9 Å². The Morgan fingerprint density at radius 1 is 0.880 bits per heavy atom. The van der Waals surface area contributed by atoms with Crippen molar-refractivity contribution in [3.8, 4) is 0 Å². The number of carbonyl (C=O) groups excluding carboxylic acids is 3. The van der Waals surface area contributed by atoms with Crippen LogP contribution in [0.5, 0.6) is 0 Å². The largest absolute Gasteiger partial charge is 0.508 e. The molecule has 1 aromatic rings. The molecular weight excluding hydrogens is 328 g/mol. The van der Waals surface area contributed by atoms with Crippen molar-refractivity contribution in [2.75, 3.05) is 19.8 Å². The zero-order chi connectivity index (χ0) is 18.7. The van der Waals surface area contributed by atoms with Gasteiger partial charge in [-0.2, -0.15) is 0 Å². The summed E-state index contributed by atoms with van der Waals surface area (Å²) in [4.78, 5) is 35.8. The van der Waals surface area contributed by atoms with Crippen LogP contribution < -0.4 is 0 Å². The summed E-state index contributed by atoms with van der Waals surface area (Å²) in [7, 11) is 0. The minimum Gasteiger partial charge on any atom is -0.465 e. The van der Waals surface area contributed by atoms with Crippen molar-refractivity contribution in [1.82, 2.24) is 0 Å². The molecule has 1 rings (SSSR count). The van der Waals surface area contributed by atoms with E-state index in [0.717, 1.165) is 5.56 Å². The summed E-state index contributed by atoms with van der Waals surface area (Å²) < 4.78 is 19.8. The number of hydrogen-bond donors (Lipinski definition) is 0. The Bertz CT molecular complexity index is 550. The lowest BCUT2D eigenvalue weighted by molar-refractivity contribution is -0.172. The number of esters is 2. The van der Waals surface area contributed by atoms with E-state index in [1.165, 1.54) is 6.92 Å². The fourth-order valence-electron chi connectivity index (χ4n) is 1.96. The molecule has 0 heterocycles. The average Bonchev–Trinajstić information content (AvgIpc) is 2.61. The predicted molar refractivity (Wildman–Crippen MR) is 88.6 cm³/mol. The Hall–Kier alpha value is -2.57. The first-order valence-electron chi connectivity index (χ1n) is 8.12. The number of carbonyl (C=O) groups is 3. The van der Waals surface area contributed by atoms with Gasteiger partial charge >= 0.3 is 18.1 Å². The fraction of sp³-hybridized carbons (Fsp3) is 0.500. The van der Waals surface area contributed by atoms with Gasteiger partial charge in [0.1, 0.15) is 6.61 Å². The molecule has 0 spiro atoms. The van der Waals surface area contributed by atoms with Gasteiger partial charge < -0.3 is 18.9 Å². The van der Waals surface area contributed by atoms with Crippen LogP contribution in [0.25, 0.3) is 0 Å². The highest BCUT2D eigenvalue weighted by atomic mass is 16.7. The SMILES string of the molecule is CCOC(=O)C(C)(CCOC(=O)OCc1ccccc1)C(=O)OCC. The van der Waals surface area contributed by atoms with Crippen molar-refractivity contribution in [3.63, 3.8) is 0 Å². The van der Waals surface area contributed by atoms with Gasteiger partial charge in [0.15, 0.2) is 5.41 Å². The van der Waals surface area contributed by atoms with Gasteiger partial charge in [0.05, 0.1) is 19.8 Å². The van der Waals surface area contributed by atoms with Crippen LogP contribution in [-0.4, -0.2) is 37.9 Å². The van der Waals surface area contributed by atoms with Crippen molar-refractivity contribution in [1.29, 1.82) is 0 Å². The first-order valence-corrected chi connectivity index (χ1v) is 8.12. The van der Waals surface area contributed by atoms with E-state index >= 15 is 0 Å². The highest BCUT2D eigenvalue weighted by molar-refractivity contribution is 5.99. The molecule has 0 unspecified atom stereocenters. The van der Waals surface area contributed by atoms with Crippen LogP contribution in [-0.2, 0) is 35.1 Å². The molecular formula is C18H24O7. The van der Waals surface area contributed by atoms with E-state index in [0.29, 0.717) is 0 Å². The molecule has 0 aliphatic carbocycles. The molecule has 0 aromatic heterocycles. The van der Waals surface area contributed by atoms with Gasteiger partial charge in [-0.25, -0.2) is 4.79 Å². The van der Waals surface area contributed by atoms with E-state index in [2.05, 4.69) is 0 Å². The highest BCUT2D eigenvalue weighted by Gasteiger charge is 2.44. The quantitative estimate of drug-likeness (QED) is 0.383. The van der Waals surface area contributed by atoms with Crippen LogP contribution in [0.15, 0.2) is 30.3 Å². The molecule has 0 aliphatic heterocycles. The maximum Gasteiger partial charge on any atom is 0.508 e. The molecule has 0 saturated carbocycles. The van der Waals surface area contributed by atoms with Crippen LogP contribution in [0.2, 0.25) is 0 Å². The molecule has 7 heteroatoms. The number of rotatable bonds is 9. The highest BCUT2D eigenvalue weighted by Crippen LogP contribution is 2.26. The van der Waals surface area contributed by atoms with E-state index in [1.807, 2.05) is 30.3 Å². The minimum absolute atomic E-state index is 0.0644. The van der Waals surface area contributed by atoms with E-state index < -0.39 is 23.5 Å². The first kappa shape index (κ1) is 20.5. The second-order valence-electron chi connectivity index (χ2n) is 5.40. The van der Waals surface area contributed by atoms with E-state index in [-0.39, 0.29) is 32.8 Å². The van der Waals surface area contributed by atoms with Crippen molar-refractivity contribution >= 4 is 18.1 Å². The molecule has 0 radical (unpaired) electrons. The molecule has 0 saturated heterocycles. The summed E-state index contributed by atoms with van der Waals surface area (Å²) in [6.45, 7) is 4.85. The molecule has 0 bridgehead atoms. The second kappa shape index (κ2) is 10.3. The average molecular weight is 352 g/mol. The lowest BCUT2D eigenvalue weighted by Crippen LogP contribution is -2.40. The van der Waals surface area contributed by atoms with Crippen molar-refractivity contribution in [2.24, 2.45) is 5.41 Å². The summed E-state index contributed by atoms with van der Waals surface area (Å²) in [5.41, 5.74) is -0.714. The van der Waals surface area contributed by atoms with Gasteiger partial charge in [-0.15, -0.1) is 0 Å². The van der Waals surface area contributed by atoms with Gasteiger partial charge in [-0.3, -0.25) is 9.59 Å². The Labute approximate surface area is 147 Å². The van der Waals surface area contributed by atoms with Gasteiger partial charge in [-0.1, -0.05) is 30.3 Å². The Morgan fingerprint density at radius 2 is 1.44 bits per heavy atom. The Morgan fingerprint density at radius 3 is 1.96 bits per heavy atom. The molecule has 7 nitrogen and oxygen atoms in total. The molecule has 0 N–H and O–H groups in total. The lowest BCUT2D eigenvalue weighted by atomic mass is 9.87. The molecule has 0 aliphatic rings. The summed E-state index contributed by atoms with van der Waals surface area (Å²) in [5.74, 6) is -1.43. The van der Waals surface area contributed by atoms with Crippen LogP contribution in [0, 0.1) is 5.41 Å². The third-order valence-corrected chi connectivity index (χ3v) is 3.47. The summed E-state index contributed by atoms with van der Waals surface area (Å²) in [5, 5.41) is 0. The van der Waals surface area contributed by atoms with Gasteiger partial charge in [0, 0.05) is 6.42 Å². The normalized spacial score (nSPS) is 10.7. The maximum atomic E-state index is 12.1. The second-order valence-corrected chi connectivity index (χ2v) is 5.40. The summed E-state index contributed by atoms with van der Waals surface area (Å²) in [6.07, 6.45) is -0.940. The van der Waals surface area contributed by atoms with Crippen LogP contribution in [0.1, 0.15) is 32.8 Å². The minimum atomic E-state index is -1.54. The molecule has 138 valence electrons. The molecule has 1 aromatic carbocycles. The third kappa shape index (κ3) is 6.45. The molecule has 25 heavy (non-hydrogen) atoms. The van der Waals surface area contributed by atoms with Gasteiger partial charge in [-0.05, 0) is 26.3 Å². The third-order valence-electron chi connectivity index (χ3n) is 3.47. The number of benzene rings is 1. The van der Waals surface area contributed by atoms with Crippen LogP contribution >= 0.6 is 0 Å². The maximum absolute atomic E-state index is 12.1. The summed E-state index contributed by atoms with van der Waals surface area (Å²) >= 11 is 0. The fourth-order valence-corrected chi connectivity index (χ4v) is 1.96. The monoisotopic (exact) mass is 352 g/mol. The van der Waals surface area contributed by atoms with Crippen molar-refractivity contribution in [3.05, 3.63) is 35.9 Å². The molecule has 0 amide bonds. The number of hydrogen-bond acceptors (Lipinski definition) is 7. The van der Waals surface area contributed by atoms with Gasteiger partial charge in [0.2, 0.25) is 0 Å². The zero-order valence-corrected chi connectivity index (χ0v) is 14.8. The number of ether oxygens (including phenoxy) is 4. The van der Waals surface area contributed by atoms with Crippen molar-refractivity contribution in [2.45, 2.75) is 33.8 Å². The first-order chi connectivity index (χ1) is 11.9. The predicted octanol–water partition coefficient (Wildman–Crippen LogP) is 2.86. The van der Waals surface area contributed by atoms with Crippen molar-refractivity contribution < 1.29 is 33.3 Å². The summed E-state index contributed by atoms with van der Waals surface area (Å²) in [6, 6.07) is 9.13. The Balaban J connectivity index is 2.51. The zero-order valence-electron chi connectivity index (χ0n) is 14.8. The van der Waals surface area contributed by atoms with Crippen LogP contribution in [0.4, 0.5) is 4.79 Å². The van der Waals surface area contributed by atoms with E-state index in [9.17, 15) is 14.4 Å². The Kier molecular flexibility index (Phi) is 8.46. The standard InChI is InChI=1S/C18H24O7/c1-4-22-15(19)18(3,16(20)23-5-2)11-12-24-17(21)25-13-14-9-7-6-8-10-14/h6-10H,4-5,11-13H2,1-3H3. The van der Waals surface area contributed by atoms with E-state index in [1.54, 1.807) is 13.8 Å². The molecule has 0 atom stereocenters. The lowest BCUT2D eigenvalue weighted by Gasteiger charge is -2.24. The topological polar surface area (TPSA) is 88.1 Å². The van der Waals surface area contributed by atoms with Gasteiger partial charge in [0.25, 0.3) is 0 Å². The molecule has 0 fully saturated rings.